The van der Waals surface area contributed by atoms with Crippen molar-refractivity contribution in [1.82, 2.24) is 0 Å². The zero-order chi connectivity index (χ0) is 19.5. The van der Waals surface area contributed by atoms with Crippen molar-refractivity contribution in [3.05, 3.63) is 71.8 Å². The molecule has 0 amide bonds. The molecule has 8 heteroatoms. The first-order valence-electron chi connectivity index (χ1n) is 9.76. The molecule has 0 saturated heterocycles. The summed E-state index contributed by atoms with van der Waals surface area (Å²) < 4.78 is 11.7. The highest BCUT2D eigenvalue weighted by Gasteiger charge is 1.97. The molecule has 0 atom stereocenters. The van der Waals surface area contributed by atoms with E-state index in [0.29, 0.717) is 0 Å². The van der Waals surface area contributed by atoms with Crippen LogP contribution in [0.2, 0.25) is 12.1 Å². The summed E-state index contributed by atoms with van der Waals surface area (Å²) in [6, 6.07) is 23.5. The summed E-state index contributed by atoms with van der Waals surface area (Å²) in [7, 11) is 7.13. The monoisotopic (exact) mass is 486 g/mol. The SMILES string of the molecule is c1ccc(CO[SiH2]CCCSSSSCCC[SiH2]OCc2ccccc2)cc1. The maximum atomic E-state index is 5.85. The second kappa shape index (κ2) is 18.0. The minimum atomic E-state index is -0.351. The van der Waals surface area contributed by atoms with E-state index in [2.05, 4.69) is 60.7 Å². The van der Waals surface area contributed by atoms with Gasteiger partial charge in [0.05, 0.1) is 13.2 Å². The standard InChI is InChI=1S/C20H30O2S4Si2/c1-3-9-19(10-4-1)17-21-27-15-7-13-23-25-26-24-14-8-16-28-22-18-20-11-5-2-6-12-20/h1-6,9-12H,7-8,13-18,27-28H2. The van der Waals surface area contributed by atoms with Crippen molar-refractivity contribution in [3.63, 3.8) is 0 Å². The van der Waals surface area contributed by atoms with E-state index in [1.54, 1.807) is 0 Å². The maximum Gasteiger partial charge on any atom is 0.162 e. The van der Waals surface area contributed by atoms with Gasteiger partial charge in [-0.3, -0.25) is 0 Å². The third-order valence-corrected chi connectivity index (χ3v) is 13.1. The summed E-state index contributed by atoms with van der Waals surface area (Å²) in [5, 5.41) is 0. The molecule has 2 aromatic rings. The highest BCUT2D eigenvalue weighted by atomic mass is 33.7. The topological polar surface area (TPSA) is 18.5 Å². The van der Waals surface area contributed by atoms with Crippen molar-refractivity contribution >= 4 is 60.8 Å². The van der Waals surface area contributed by atoms with Crippen LogP contribution in [-0.2, 0) is 22.1 Å². The highest BCUT2D eigenvalue weighted by molar-refractivity contribution is 9.26. The summed E-state index contributed by atoms with van der Waals surface area (Å²) in [6.45, 7) is 1.59. The maximum absolute atomic E-state index is 5.85. The molecule has 0 spiro atoms. The quantitative estimate of drug-likeness (QED) is 0.157. The fraction of sp³-hybridized carbons (Fsp3) is 0.400. The fourth-order valence-electron chi connectivity index (χ4n) is 2.37. The molecule has 0 N–H and O–H groups in total. The van der Waals surface area contributed by atoms with Crippen molar-refractivity contribution in [2.75, 3.05) is 11.5 Å². The lowest BCUT2D eigenvalue weighted by Crippen LogP contribution is -1.99. The molecule has 0 bridgehead atoms. The van der Waals surface area contributed by atoms with Gasteiger partial charge in [-0.05, 0) is 55.7 Å². The lowest BCUT2D eigenvalue weighted by atomic mass is 10.2. The van der Waals surface area contributed by atoms with Gasteiger partial charge in [0, 0.05) is 11.5 Å². The van der Waals surface area contributed by atoms with Crippen LogP contribution in [0.1, 0.15) is 24.0 Å². The first kappa shape index (κ1) is 24.5. The molecule has 0 heterocycles. The average molecular weight is 487 g/mol. The van der Waals surface area contributed by atoms with Crippen LogP contribution in [0.4, 0.5) is 0 Å². The Bertz CT molecular complexity index is 540. The number of benzene rings is 2. The van der Waals surface area contributed by atoms with E-state index in [1.165, 1.54) is 47.6 Å². The van der Waals surface area contributed by atoms with Crippen molar-refractivity contribution in [2.45, 2.75) is 38.1 Å². The molecule has 0 saturated carbocycles. The largest absolute Gasteiger partial charge is 0.420 e. The van der Waals surface area contributed by atoms with Crippen LogP contribution in [-0.4, -0.2) is 31.0 Å². The second-order valence-electron chi connectivity index (χ2n) is 6.27. The van der Waals surface area contributed by atoms with E-state index >= 15 is 0 Å². The Morgan fingerprint density at radius 1 is 0.607 bits per heavy atom. The Hall–Kier alpha value is 0.194. The summed E-state index contributed by atoms with van der Waals surface area (Å²) in [6.07, 6.45) is 2.57. The molecule has 2 rings (SSSR count). The number of rotatable bonds is 17. The molecule has 0 aliphatic carbocycles. The van der Waals surface area contributed by atoms with Gasteiger partial charge in [0.25, 0.3) is 0 Å². The van der Waals surface area contributed by atoms with E-state index in [-0.39, 0.29) is 19.5 Å². The predicted octanol–water partition coefficient (Wildman–Crippen LogP) is 5.88. The van der Waals surface area contributed by atoms with Crippen LogP contribution in [0.25, 0.3) is 0 Å². The molecule has 2 nitrogen and oxygen atoms in total. The minimum Gasteiger partial charge on any atom is -0.420 e. The molecule has 0 aliphatic rings. The molecule has 0 radical (unpaired) electrons. The van der Waals surface area contributed by atoms with Crippen LogP contribution < -0.4 is 0 Å². The molecular weight excluding hydrogens is 457 g/mol. The third kappa shape index (κ3) is 13.4. The highest BCUT2D eigenvalue weighted by Crippen LogP contribution is 2.43. The normalized spacial score (nSPS) is 11.9. The Morgan fingerprint density at radius 2 is 1.04 bits per heavy atom. The lowest BCUT2D eigenvalue weighted by molar-refractivity contribution is 0.323. The minimum absolute atomic E-state index is 0.351. The van der Waals surface area contributed by atoms with Crippen LogP contribution in [0, 0.1) is 0 Å². The van der Waals surface area contributed by atoms with Gasteiger partial charge >= 0.3 is 0 Å². The molecule has 154 valence electrons. The summed E-state index contributed by atoms with van der Waals surface area (Å²) in [5.41, 5.74) is 2.58. The van der Waals surface area contributed by atoms with Crippen LogP contribution in [0.15, 0.2) is 60.7 Å². The van der Waals surface area contributed by atoms with E-state index in [9.17, 15) is 0 Å². The Kier molecular flexibility index (Phi) is 15.7. The molecule has 0 aliphatic heterocycles. The fourth-order valence-corrected chi connectivity index (χ4v) is 11.4. The average Bonchev–Trinajstić information content (AvgIpc) is 2.75. The Morgan fingerprint density at radius 3 is 1.46 bits per heavy atom. The Balaban J connectivity index is 1.25. The van der Waals surface area contributed by atoms with Gasteiger partial charge < -0.3 is 8.85 Å². The number of hydrogen-bond donors (Lipinski definition) is 0. The van der Waals surface area contributed by atoms with E-state index in [1.807, 2.05) is 41.2 Å². The predicted molar refractivity (Wildman–Crippen MR) is 138 cm³/mol. The van der Waals surface area contributed by atoms with Crippen LogP contribution >= 0.6 is 41.2 Å². The van der Waals surface area contributed by atoms with Gasteiger partial charge in [0.1, 0.15) is 0 Å². The summed E-state index contributed by atoms with van der Waals surface area (Å²) in [5.74, 6) is 2.47. The third-order valence-electron chi connectivity index (χ3n) is 3.88. The molecule has 0 fully saturated rings. The number of hydrogen-bond acceptors (Lipinski definition) is 6. The van der Waals surface area contributed by atoms with E-state index in [0.717, 1.165) is 13.2 Å². The van der Waals surface area contributed by atoms with Gasteiger partial charge in [-0.25, -0.2) is 0 Å². The molecule has 28 heavy (non-hydrogen) atoms. The first-order valence-corrected chi connectivity index (χ1v) is 18.1. The van der Waals surface area contributed by atoms with Gasteiger partial charge in [0.2, 0.25) is 0 Å². The lowest BCUT2D eigenvalue weighted by Gasteiger charge is -2.04. The van der Waals surface area contributed by atoms with E-state index in [4.69, 9.17) is 8.85 Å². The van der Waals surface area contributed by atoms with Crippen LogP contribution in [0.5, 0.6) is 0 Å². The van der Waals surface area contributed by atoms with Crippen molar-refractivity contribution in [1.29, 1.82) is 0 Å². The van der Waals surface area contributed by atoms with Gasteiger partial charge in [-0.15, -0.1) is 0 Å². The zero-order valence-corrected chi connectivity index (χ0v) is 22.4. The zero-order valence-electron chi connectivity index (χ0n) is 16.3. The second-order valence-corrected chi connectivity index (χ2v) is 15.6. The van der Waals surface area contributed by atoms with Crippen molar-refractivity contribution < 1.29 is 8.85 Å². The smallest absolute Gasteiger partial charge is 0.162 e. The first-order chi connectivity index (χ1) is 13.9. The molecule has 0 unspecified atom stereocenters. The Labute approximate surface area is 190 Å². The van der Waals surface area contributed by atoms with Gasteiger partial charge in [-0.2, -0.15) is 0 Å². The van der Waals surface area contributed by atoms with Crippen molar-refractivity contribution in [2.24, 2.45) is 0 Å². The van der Waals surface area contributed by atoms with Crippen LogP contribution in [0.3, 0.4) is 0 Å². The molecule has 0 aromatic heterocycles. The van der Waals surface area contributed by atoms with Crippen molar-refractivity contribution in [3.8, 4) is 0 Å². The summed E-state index contributed by atoms with van der Waals surface area (Å²) in [4.78, 5) is 0. The summed E-state index contributed by atoms with van der Waals surface area (Å²) >= 11 is 0. The molecular formula is C20H30O2S4Si2. The molecule has 2 aromatic carbocycles. The van der Waals surface area contributed by atoms with E-state index < -0.39 is 0 Å². The van der Waals surface area contributed by atoms with Gasteiger partial charge in [0.15, 0.2) is 19.5 Å². The van der Waals surface area contributed by atoms with Gasteiger partial charge in [-0.1, -0.05) is 82.3 Å².